The van der Waals surface area contributed by atoms with Crippen molar-refractivity contribution in [2.24, 2.45) is 0 Å². The van der Waals surface area contributed by atoms with Gasteiger partial charge in [-0.3, -0.25) is 9.69 Å². The Labute approximate surface area is 157 Å². The number of nitrogens with zero attached hydrogens (tertiary/aromatic N) is 1. The Balaban J connectivity index is 1.60. The summed E-state index contributed by atoms with van der Waals surface area (Å²) >= 11 is 6.27. The molecule has 1 saturated heterocycles. The number of fused-ring (bicyclic) bond motifs is 1. The van der Waals surface area contributed by atoms with Gasteiger partial charge in [-0.25, -0.2) is 0 Å². The van der Waals surface area contributed by atoms with Gasteiger partial charge in [0, 0.05) is 53.7 Å². The predicted molar refractivity (Wildman–Crippen MR) is 108 cm³/mol. The summed E-state index contributed by atoms with van der Waals surface area (Å²) in [7, 11) is 0. The van der Waals surface area contributed by atoms with Crippen molar-refractivity contribution < 1.29 is 0 Å². The molecule has 2 heterocycles. The van der Waals surface area contributed by atoms with Gasteiger partial charge in [-0.1, -0.05) is 41.9 Å². The monoisotopic (exact) mass is 367 g/mol. The average Bonchev–Trinajstić information content (AvgIpc) is 2.63. The third kappa shape index (κ3) is 3.54. The van der Waals surface area contributed by atoms with Crippen molar-refractivity contribution in [3.63, 3.8) is 0 Å². The number of aromatic amines is 1. The molecule has 1 aromatic heterocycles. The van der Waals surface area contributed by atoms with Crippen LogP contribution in [0.2, 0.25) is 5.02 Å². The molecule has 0 radical (unpaired) electrons. The van der Waals surface area contributed by atoms with Crippen LogP contribution in [0.25, 0.3) is 22.0 Å². The number of aromatic nitrogens is 1. The molecule has 1 aliphatic heterocycles. The van der Waals surface area contributed by atoms with Crippen LogP contribution in [-0.4, -0.2) is 35.6 Å². The lowest BCUT2D eigenvalue weighted by molar-refractivity contribution is 0.199. The second kappa shape index (κ2) is 7.23. The van der Waals surface area contributed by atoms with Gasteiger partial charge in [0.25, 0.3) is 5.56 Å². The molecule has 0 saturated carbocycles. The first-order valence-corrected chi connectivity index (χ1v) is 9.34. The molecule has 1 atom stereocenters. The highest BCUT2D eigenvalue weighted by Crippen LogP contribution is 2.25. The molecule has 2 aromatic carbocycles. The van der Waals surface area contributed by atoms with Gasteiger partial charge < -0.3 is 10.3 Å². The second-order valence-corrected chi connectivity index (χ2v) is 7.41. The average molecular weight is 368 g/mol. The topological polar surface area (TPSA) is 48.1 Å². The Morgan fingerprint density at radius 2 is 1.96 bits per heavy atom. The smallest absolute Gasteiger partial charge is 0.256 e. The summed E-state index contributed by atoms with van der Waals surface area (Å²) in [5.41, 5.74) is 2.95. The second-order valence-electron chi connectivity index (χ2n) is 7.00. The number of rotatable bonds is 3. The summed E-state index contributed by atoms with van der Waals surface area (Å²) in [6.45, 7) is 6.35. The minimum absolute atomic E-state index is 0.112. The first-order chi connectivity index (χ1) is 12.6. The standard InChI is InChI=1S/C21H22ClN3O/c1-14-12-25(10-9-23-14)13-15-5-7-16(8-6-15)20-11-18-17(21(26)24-20)3-2-4-19(18)22/h2-8,11,14,23H,9-10,12-13H2,1H3,(H,24,26). The molecule has 4 rings (SSSR count). The van der Waals surface area contributed by atoms with Crippen LogP contribution in [0.1, 0.15) is 12.5 Å². The fourth-order valence-electron chi connectivity index (χ4n) is 3.61. The number of pyridine rings is 1. The maximum absolute atomic E-state index is 12.4. The molecule has 0 aliphatic carbocycles. The van der Waals surface area contributed by atoms with E-state index in [-0.39, 0.29) is 5.56 Å². The van der Waals surface area contributed by atoms with Crippen LogP contribution < -0.4 is 10.9 Å². The van der Waals surface area contributed by atoms with Crippen molar-refractivity contribution in [2.45, 2.75) is 19.5 Å². The minimum Gasteiger partial charge on any atom is -0.321 e. The van der Waals surface area contributed by atoms with E-state index in [1.807, 2.05) is 12.1 Å². The van der Waals surface area contributed by atoms with Gasteiger partial charge in [-0.15, -0.1) is 0 Å². The fourth-order valence-corrected chi connectivity index (χ4v) is 3.84. The maximum Gasteiger partial charge on any atom is 0.256 e. The van der Waals surface area contributed by atoms with Crippen molar-refractivity contribution in [1.82, 2.24) is 15.2 Å². The molecule has 0 spiro atoms. The zero-order valence-corrected chi connectivity index (χ0v) is 15.5. The van der Waals surface area contributed by atoms with Gasteiger partial charge >= 0.3 is 0 Å². The number of piperazine rings is 1. The normalized spacial score (nSPS) is 18.3. The van der Waals surface area contributed by atoms with Crippen LogP contribution in [0.15, 0.2) is 53.3 Å². The summed E-state index contributed by atoms with van der Waals surface area (Å²) in [6.07, 6.45) is 0. The molecule has 26 heavy (non-hydrogen) atoms. The van der Waals surface area contributed by atoms with Crippen molar-refractivity contribution in [2.75, 3.05) is 19.6 Å². The lowest BCUT2D eigenvalue weighted by Gasteiger charge is -2.31. The Kier molecular flexibility index (Phi) is 4.81. The molecule has 0 amide bonds. The van der Waals surface area contributed by atoms with E-state index >= 15 is 0 Å². The lowest BCUT2D eigenvalue weighted by atomic mass is 10.1. The molecular formula is C21H22ClN3O. The third-order valence-corrected chi connectivity index (χ3v) is 5.29. The molecule has 1 aliphatic rings. The van der Waals surface area contributed by atoms with Gasteiger partial charge in [0.1, 0.15) is 0 Å². The Morgan fingerprint density at radius 1 is 1.15 bits per heavy atom. The summed E-state index contributed by atoms with van der Waals surface area (Å²) in [5, 5.41) is 5.46. The van der Waals surface area contributed by atoms with E-state index < -0.39 is 0 Å². The van der Waals surface area contributed by atoms with Crippen LogP contribution in [-0.2, 0) is 6.54 Å². The number of benzene rings is 2. The molecule has 134 valence electrons. The predicted octanol–water partition coefficient (Wildman–Crippen LogP) is 3.64. The van der Waals surface area contributed by atoms with Gasteiger partial charge in [0.15, 0.2) is 0 Å². The minimum atomic E-state index is -0.112. The summed E-state index contributed by atoms with van der Waals surface area (Å²) in [5.74, 6) is 0. The fraction of sp³-hybridized carbons (Fsp3) is 0.286. The Bertz CT molecular complexity index is 981. The molecule has 5 heteroatoms. The molecule has 2 N–H and O–H groups in total. The first kappa shape index (κ1) is 17.3. The first-order valence-electron chi connectivity index (χ1n) is 8.97. The number of H-pyrrole nitrogens is 1. The van der Waals surface area contributed by atoms with Crippen molar-refractivity contribution in [1.29, 1.82) is 0 Å². The summed E-state index contributed by atoms with van der Waals surface area (Å²) in [4.78, 5) is 17.8. The van der Waals surface area contributed by atoms with Crippen molar-refractivity contribution in [3.05, 3.63) is 69.5 Å². The highest BCUT2D eigenvalue weighted by molar-refractivity contribution is 6.35. The highest BCUT2D eigenvalue weighted by atomic mass is 35.5. The Morgan fingerprint density at radius 3 is 2.73 bits per heavy atom. The van der Waals surface area contributed by atoms with Crippen molar-refractivity contribution in [3.8, 4) is 11.3 Å². The summed E-state index contributed by atoms with van der Waals surface area (Å²) in [6, 6.07) is 16.3. The molecule has 0 bridgehead atoms. The van der Waals surface area contributed by atoms with Gasteiger partial charge in [-0.05, 0) is 36.2 Å². The van der Waals surface area contributed by atoms with E-state index in [2.05, 4.69) is 46.4 Å². The maximum atomic E-state index is 12.4. The number of hydrogen-bond donors (Lipinski definition) is 2. The van der Waals surface area contributed by atoms with Crippen molar-refractivity contribution >= 4 is 22.4 Å². The molecule has 3 aromatic rings. The van der Waals surface area contributed by atoms with E-state index in [1.54, 1.807) is 12.1 Å². The van der Waals surface area contributed by atoms with Gasteiger partial charge in [0.05, 0.1) is 0 Å². The number of hydrogen-bond acceptors (Lipinski definition) is 3. The van der Waals surface area contributed by atoms with Gasteiger partial charge in [0.2, 0.25) is 0 Å². The van der Waals surface area contributed by atoms with Crippen LogP contribution in [0.3, 0.4) is 0 Å². The number of nitrogens with one attached hydrogen (secondary N) is 2. The van der Waals surface area contributed by atoms with E-state index in [0.29, 0.717) is 16.5 Å². The SMILES string of the molecule is CC1CN(Cc2ccc(-c3cc4c(Cl)cccc4c(=O)[nH]3)cc2)CCN1. The third-order valence-electron chi connectivity index (χ3n) is 4.96. The van der Waals surface area contributed by atoms with Crippen LogP contribution in [0.4, 0.5) is 0 Å². The summed E-state index contributed by atoms with van der Waals surface area (Å²) < 4.78 is 0. The molecule has 4 nitrogen and oxygen atoms in total. The zero-order valence-electron chi connectivity index (χ0n) is 14.8. The Hall–Kier alpha value is -2.14. The van der Waals surface area contributed by atoms with E-state index in [1.165, 1.54) is 5.56 Å². The highest BCUT2D eigenvalue weighted by Gasteiger charge is 2.15. The van der Waals surface area contributed by atoms with Gasteiger partial charge in [-0.2, -0.15) is 0 Å². The largest absolute Gasteiger partial charge is 0.321 e. The van der Waals surface area contributed by atoms with Crippen LogP contribution in [0, 0.1) is 0 Å². The van der Waals surface area contributed by atoms with E-state index in [0.717, 1.165) is 42.8 Å². The zero-order chi connectivity index (χ0) is 18.1. The van der Waals surface area contributed by atoms with E-state index in [4.69, 9.17) is 11.6 Å². The molecule has 1 fully saturated rings. The van der Waals surface area contributed by atoms with Crippen LogP contribution >= 0.6 is 11.6 Å². The molecular weight excluding hydrogens is 346 g/mol. The quantitative estimate of drug-likeness (QED) is 0.743. The molecule has 1 unspecified atom stereocenters. The number of halogens is 1. The van der Waals surface area contributed by atoms with E-state index in [9.17, 15) is 4.79 Å². The lowest BCUT2D eigenvalue weighted by Crippen LogP contribution is -2.48. The van der Waals surface area contributed by atoms with Crippen LogP contribution in [0.5, 0.6) is 0 Å².